The van der Waals surface area contributed by atoms with Gasteiger partial charge in [-0.3, -0.25) is 4.79 Å². The van der Waals surface area contributed by atoms with E-state index in [-0.39, 0.29) is 12.0 Å². The molecule has 2 aromatic carbocycles. The number of hydrogen-bond acceptors (Lipinski definition) is 1. The van der Waals surface area contributed by atoms with Crippen LogP contribution in [0.15, 0.2) is 48.5 Å². The number of hydrogen-bond donors (Lipinski definition) is 1. The predicted molar refractivity (Wildman–Crippen MR) is 96.2 cm³/mol. The summed E-state index contributed by atoms with van der Waals surface area (Å²) in [6, 6.07) is 9.86. The SMILES string of the molecule is O=C(Nc1cc(C(F)(F)F)cc(C(F)(F)F)c1)C(c1ccccc1)C1CCCC1. The molecule has 1 N–H and O–H groups in total. The van der Waals surface area contributed by atoms with E-state index in [1.54, 1.807) is 30.3 Å². The average Bonchev–Trinajstić information content (AvgIpc) is 3.15. The summed E-state index contributed by atoms with van der Waals surface area (Å²) in [6.45, 7) is 0. The molecule has 1 fully saturated rings. The molecule has 2 aromatic rings. The summed E-state index contributed by atoms with van der Waals surface area (Å²) in [5.41, 5.74) is -2.74. The van der Waals surface area contributed by atoms with Gasteiger partial charge in [0.25, 0.3) is 0 Å². The second kappa shape index (κ2) is 8.08. The van der Waals surface area contributed by atoms with Crippen LogP contribution in [0.25, 0.3) is 0 Å². The Morgan fingerprint density at radius 3 is 1.86 bits per heavy atom. The number of amides is 1. The van der Waals surface area contributed by atoms with Crippen LogP contribution in [0.5, 0.6) is 0 Å². The highest BCUT2D eigenvalue weighted by molar-refractivity contribution is 5.96. The van der Waals surface area contributed by atoms with Crippen LogP contribution in [-0.2, 0) is 17.1 Å². The van der Waals surface area contributed by atoms with Gasteiger partial charge >= 0.3 is 12.4 Å². The summed E-state index contributed by atoms with van der Waals surface area (Å²) in [4.78, 5) is 12.9. The first-order valence-electron chi connectivity index (χ1n) is 9.21. The third kappa shape index (κ3) is 5.10. The molecule has 1 amide bonds. The first-order valence-corrected chi connectivity index (χ1v) is 9.21. The zero-order valence-electron chi connectivity index (χ0n) is 15.3. The molecule has 8 heteroatoms. The van der Waals surface area contributed by atoms with Gasteiger partial charge in [0.1, 0.15) is 0 Å². The number of halogens is 6. The summed E-state index contributed by atoms with van der Waals surface area (Å²) in [7, 11) is 0. The zero-order valence-corrected chi connectivity index (χ0v) is 15.3. The molecule has 1 aliphatic carbocycles. The van der Waals surface area contributed by atoms with E-state index in [0.29, 0.717) is 17.7 Å². The van der Waals surface area contributed by atoms with Gasteiger partial charge in [0.15, 0.2) is 0 Å². The Bertz CT molecular complexity index is 821. The van der Waals surface area contributed by atoms with E-state index in [2.05, 4.69) is 5.32 Å². The zero-order chi connectivity index (χ0) is 21.2. The Morgan fingerprint density at radius 1 is 0.862 bits per heavy atom. The van der Waals surface area contributed by atoms with Crippen LogP contribution in [0.3, 0.4) is 0 Å². The van der Waals surface area contributed by atoms with Gasteiger partial charge in [0, 0.05) is 5.69 Å². The van der Waals surface area contributed by atoms with Gasteiger partial charge in [-0.2, -0.15) is 26.3 Å². The van der Waals surface area contributed by atoms with Gasteiger partial charge in [-0.15, -0.1) is 0 Å². The van der Waals surface area contributed by atoms with Crippen molar-refractivity contribution in [2.24, 2.45) is 5.92 Å². The minimum absolute atomic E-state index is 0.00900. The van der Waals surface area contributed by atoms with Crippen molar-refractivity contribution < 1.29 is 31.1 Å². The van der Waals surface area contributed by atoms with Crippen LogP contribution in [0.4, 0.5) is 32.0 Å². The molecule has 156 valence electrons. The molecule has 2 nitrogen and oxygen atoms in total. The fraction of sp³-hybridized carbons (Fsp3) is 0.381. The highest BCUT2D eigenvalue weighted by Crippen LogP contribution is 2.40. The Labute approximate surface area is 163 Å². The van der Waals surface area contributed by atoms with Crippen molar-refractivity contribution in [3.05, 3.63) is 65.2 Å². The lowest BCUT2D eigenvalue weighted by atomic mass is 9.84. The minimum Gasteiger partial charge on any atom is -0.326 e. The van der Waals surface area contributed by atoms with E-state index in [0.717, 1.165) is 25.7 Å². The van der Waals surface area contributed by atoms with Crippen LogP contribution in [0, 0.1) is 5.92 Å². The molecule has 0 aliphatic heterocycles. The lowest BCUT2D eigenvalue weighted by molar-refractivity contribution is -0.143. The minimum atomic E-state index is -4.97. The summed E-state index contributed by atoms with van der Waals surface area (Å²) in [6.07, 6.45) is -6.51. The van der Waals surface area contributed by atoms with Crippen molar-refractivity contribution in [3.8, 4) is 0 Å². The van der Waals surface area contributed by atoms with Gasteiger partial charge in [-0.1, -0.05) is 43.2 Å². The van der Waals surface area contributed by atoms with Crippen LogP contribution in [0.1, 0.15) is 48.3 Å². The normalized spacial score (nSPS) is 16.6. The molecule has 0 saturated heterocycles. The fourth-order valence-electron chi connectivity index (χ4n) is 3.84. The van der Waals surface area contributed by atoms with Crippen molar-refractivity contribution in [2.75, 3.05) is 5.32 Å². The number of nitrogens with one attached hydrogen (secondary N) is 1. The van der Waals surface area contributed by atoms with Crippen molar-refractivity contribution in [1.82, 2.24) is 0 Å². The first-order chi connectivity index (χ1) is 13.6. The third-order valence-corrected chi connectivity index (χ3v) is 5.17. The maximum atomic E-state index is 13.1. The van der Waals surface area contributed by atoms with Crippen molar-refractivity contribution in [2.45, 2.75) is 44.0 Å². The van der Waals surface area contributed by atoms with Gasteiger partial charge in [0.05, 0.1) is 17.0 Å². The quantitative estimate of drug-likeness (QED) is 0.558. The Kier molecular flexibility index (Phi) is 5.91. The Balaban J connectivity index is 1.95. The lowest BCUT2D eigenvalue weighted by Crippen LogP contribution is -2.27. The van der Waals surface area contributed by atoms with E-state index in [4.69, 9.17) is 0 Å². The first kappa shape index (κ1) is 21.2. The number of benzene rings is 2. The van der Waals surface area contributed by atoms with Gasteiger partial charge in [-0.25, -0.2) is 0 Å². The van der Waals surface area contributed by atoms with Crippen LogP contribution >= 0.6 is 0 Å². The second-order valence-corrected chi connectivity index (χ2v) is 7.22. The molecular formula is C21H19F6NO. The van der Waals surface area contributed by atoms with E-state index in [9.17, 15) is 31.1 Å². The van der Waals surface area contributed by atoms with E-state index in [1.165, 1.54) is 0 Å². The second-order valence-electron chi connectivity index (χ2n) is 7.22. The van der Waals surface area contributed by atoms with Crippen molar-refractivity contribution in [1.29, 1.82) is 0 Å². The number of rotatable bonds is 4. The molecule has 0 aromatic heterocycles. The Morgan fingerprint density at radius 2 is 1.38 bits per heavy atom. The van der Waals surface area contributed by atoms with Gasteiger partial charge in [-0.05, 0) is 42.5 Å². The smallest absolute Gasteiger partial charge is 0.326 e. The summed E-state index contributed by atoms with van der Waals surface area (Å²) < 4.78 is 78.4. The highest BCUT2D eigenvalue weighted by atomic mass is 19.4. The monoisotopic (exact) mass is 415 g/mol. The van der Waals surface area contributed by atoms with E-state index >= 15 is 0 Å². The predicted octanol–water partition coefficient (Wildman–Crippen LogP) is 6.64. The topological polar surface area (TPSA) is 29.1 Å². The standard InChI is InChI=1S/C21H19F6NO/c22-20(23,24)15-10-16(21(25,26)27)12-17(11-15)28-19(29)18(14-8-4-5-9-14)13-6-2-1-3-7-13/h1-3,6-7,10-12,14,18H,4-5,8-9H2,(H,28,29). The third-order valence-electron chi connectivity index (χ3n) is 5.17. The molecule has 1 saturated carbocycles. The van der Waals surface area contributed by atoms with Crippen molar-refractivity contribution in [3.63, 3.8) is 0 Å². The molecule has 0 spiro atoms. The molecular weight excluding hydrogens is 396 g/mol. The fourth-order valence-corrected chi connectivity index (χ4v) is 3.84. The number of anilines is 1. The highest BCUT2D eigenvalue weighted by Gasteiger charge is 2.38. The lowest BCUT2D eigenvalue weighted by Gasteiger charge is -2.24. The summed E-state index contributed by atoms with van der Waals surface area (Å²) in [5, 5.41) is 2.30. The number of carbonyl (C=O) groups excluding carboxylic acids is 1. The summed E-state index contributed by atoms with van der Waals surface area (Å²) in [5.74, 6) is -1.25. The van der Waals surface area contributed by atoms with Crippen LogP contribution in [0.2, 0.25) is 0 Å². The maximum Gasteiger partial charge on any atom is 0.416 e. The van der Waals surface area contributed by atoms with Crippen molar-refractivity contribution >= 4 is 11.6 Å². The largest absolute Gasteiger partial charge is 0.416 e. The molecule has 1 aliphatic rings. The molecule has 1 unspecified atom stereocenters. The van der Waals surface area contributed by atoms with Crippen LogP contribution < -0.4 is 5.32 Å². The molecule has 0 heterocycles. The molecule has 0 radical (unpaired) electrons. The molecule has 0 bridgehead atoms. The Hall–Kier alpha value is -2.51. The molecule has 1 atom stereocenters. The molecule has 3 rings (SSSR count). The molecule has 29 heavy (non-hydrogen) atoms. The maximum absolute atomic E-state index is 13.1. The van der Waals surface area contributed by atoms with E-state index < -0.39 is 41.0 Å². The van der Waals surface area contributed by atoms with Crippen LogP contribution in [-0.4, -0.2) is 5.91 Å². The number of carbonyl (C=O) groups is 1. The van der Waals surface area contributed by atoms with Gasteiger partial charge < -0.3 is 5.32 Å². The number of alkyl halides is 6. The summed E-state index contributed by atoms with van der Waals surface area (Å²) >= 11 is 0. The average molecular weight is 415 g/mol. The van der Waals surface area contributed by atoms with E-state index in [1.807, 2.05) is 0 Å². The van der Waals surface area contributed by atoms with Gasteiger partial charge in [0.2, 0.25) is 5.91 Å².